The molecule has 0 saturated carbocycles. The van der Waals surface area contributed by atoms with Gasteiger partial charge in [0, 0.05) is 18.7 Å². The third-order valence-corrected chi connectivity index (χ3v) is 2.78. The lowest BCUT2D eigenvalue weighted by Crippen LogP contribution is -2.43. The Morgan fingerprint density at radius 3 is 2.47 bits per heavy atom. The van der Waals surface area contributed by atoms with E-state index in [4.69, 9.17) is 5.73 Å². The van der Waals surface area contributed by atoms with Gasteiger partial charge in [-0.25, -0.2) is 0 Å². The Bertz CT molecular complexity index is 365. The summed E-state index contributed by atoms with van der Waals surface area (Å²) in [6.07, 6.45) is 2.87. The van der Waals surface area contributed by atoms with Crippen LogP contribution in [0.5, 0.6) is 0 Å². The van der Waals surface area contributed by atoms with Crippen molar-refractivity contribution in [1.29, 1.82) is 0 Å². The van der Waals surface area contributed by atoms with Gasteiger partial charge >= 0.3 is 0 Å². The molecular formula is C11H17N3O3. The van der Waals surface area contributed by atoms with Crippen LogP contribution in [0.25, 0.3) is 0 Å². The molecule has 0 aromatic rings. The van der Waals surface area contributed by atoms with E-state index in [0.717, 1.165) is 0 Å². The summed E-state index contributed by atoms with van der Waals surface area (Å²) in [6, 6.07) is -0.543. The highest BCUT2D eigenvalue weighted by Gasteiger charge is 2.36. The molecule has 6 nitrogen and oxygen atoms in total. The van der Waals surface area contributed by atoms with E-state index in [1.54, 1.807) is 7.05 Å². The summed E-state index contributed by atoms with van der Waals surface area (Å²) >= 11 is 0. The number of likely N-dealkylation sites (N-methyl/N-ethyl adjacent to an activating group) is 1. The predicted octanol–water partition coefficient (Wildman–Crippen LogP) is -1.19. The number of nitrogens with zero attached hydrogens (tertiary/aromatic N) is 1. The van der Waals surface area contributed by atoms with E-state index in [1.165, 1.54) is 24.0 Å². The monoisotopic (exact) mass is 239 g/mol. The molecule has 1 saturated heterocycles. The third-order valence-electron chi connectivity index (χ3n) is 2.78. The van der Waals surface area contributed by atoms with Gasteiger partial charge in [0.25, 0.3) is 0 Å². The molecule has 1 heterocycles. The normalized spacial score (nSPS) is 24.2. The van der Waals surface area contributed by atoms with Crippen molar-refractivity contribution in [3.8, 4) is 0 Å². The minimum atomic E-state index is -0.600. The van der Waals surface area contributed by atoms with Gasteiger partial charge in [0.15, 0.2) is 5.78 Å². The van der Waals surface area contributed by atoms with Gasteiger partial charge in [-0.3, -0.25) is 14.4 Å². The maximum absolute atomic E-state index is 11.8. The van der Waals surface area contributed by atoms with Crippen LogP contribution in [-0.2, 0) is 14.4 Å². The Morgan fingerprint density at radius 1 is 1.35 bits per heavy atom. The third kappa shape index (κ3) is 3.39. The first-order chi connectivity index (χ1) is 7.95. The first-order valence-corrected chi connectivity index (χ1v) is 5.41. The number of carbonyl (C=O) groups is 3. The van der Waals surface area contributed by atoms with Crippen molar-refractivity contribution >= 4 is 17.6 Å². The predicted molar refractivity (Wildman–Crippen MR) is 62.0 cm³/mol. The van der Waals surface area contributed by atoms with Gasteiger partial charge in [-0.2, -0.15) is 0 Å². The second-order valence-corrected chi connectivity index (χ2v) is 4.07. The molecule has 6 heteroatoms. The lowest BCUT2D eigenvalue weighted by Gasteiger charge is -2.20. The largest absolute Gasteiger partial charge is 0.368 e. The molecule has 0 aliphatic carbocycles. The number of nitrogens with one attached hydrogen (secondary N) is 1. The Kier molecular flexibility index (Phi) is 4.39. The van der Waals surface area contributed by atoms with E-state index in [2.05, 4.69) is 5.32 Å². The van der Waals surface area contributed by atoms with Gasteiger partial charge < -0.3 is 16.0 Å². The Labute approximate surface area is 99.8 Å². The molecule has 2 atom stereocenters. The van der Waals surface area contributed by atoms with Gasteiger partial charge in [-0.1, -0.05) is 0 Å². The quantitative estimate of drug-likeness (QED) is 0.603. The number of hydrogen-bond donors (Lipinski definition) is 2. The zero-order valence-electron chi connectivity index (χ0n) is 9.97. The van der Waals surface area contributed by atoms with E-state index in [0.29, 0.717) is 13.0 Å². The van der Waals surface area contributed by atoms with Gasteiger partial charge in [0.05, 0.1) is 0 Å². The fourth-order valence-corrected chi connectivity index (χ4v) is 1.84. The fourth-order valence-electron chi connectivity index (χ4n) is 1.84. The van der Waals surface area contributed by atoms with Crippen LogP contribution in [0.15, 0.2) is 12.2 Å². The number of allylic oxidation sites excluding steroid dienone is 1. The van der Waals surface area contributed by atoms with Crippen molar-refractivity contribution in [2.75, 3.05) is 13.6 Å². The first-order valence-electron chi connectivity index (χ1n) is 5.41. The standard InChI is InChI=1S/C11H17N3O3/c1-7(15)3-4-10(16)14-6-8(13-2)5-9(14)11(12)17/h3-4,8-9,13H,5-6H2,1-2H3,(H2,12,17)/b4-3+/t8-,9+/m0/s1. The molecule has 0 aromatic carbocycles. The van der Waals surface area contributed by atoms with E-state index < -0.39 is 11.9 Å². The molecule has 1 rings (SSSR count). The zero-order chi connectivity index (χ0) is 13.0. The minimum Gasteiger partial charge on any atom is -0.368 e. The Morgan fingerprint density at radius 2 is 2.00 bits per heavy atom. The number of carbonyl (C=O) groups excluding carboxylic acids is 3. The molecule has 17 heavy (non-hydrogen) atoms. The SMILES string of the molecule is CN[C@H]1C[C@H](C(N)=O)N(C(=O)/C=C/C(C)=O)C1. The average Bonchev–Trinajstić information content (AvgIpc) is 2.69. The molecule has 0 bridgehead atoms. The summed E-state index contributed by atoms with van der Waals surface area (Å²) in [6.45, 7) is 1.78. The molecular weight excluding hydrogens is 222 g/mol. The summed E-state index contributed by atoms with van der Waals surface area (Å²) < 4.78 is 0. The lowest BCUT2D eigenvalue weighted by molar-refractivity contribution is -0.133. The zero-order valence-corrected chi connectivity index (χ0v) is 9.97. The molecule has 0 aromatic heterocycles. The van der Waals surface area contributed by atoms with Crippen LogP contribution in [0.3, 0.4) is 0 Å². The number of rotatable bonds is 4. The second-order valence-electron chi connectivity index (χ2n) is 4.07. The molecule has 1 aliphatic rings. The summed E-state index contributed by atoms with van der Waals surface area (Å²) in [5.41, 5.74) is 5.25. The molecule has 2 amide bonds. The smallest absolute Gasteiger partial charge is 0.247 e. The molecule has 3 N–H and O–H groups in total. The Balaban J connectivity index is 2.76. The lowest BCUT2D eigenvalue weighted by atomic mass is 10.1. The molecule has 0 radical (unpaired) electrons. The van der Waals surface area contributed by atoms with Crippen LogP contribution in [0.1, 0.15) is 13.3 Å². The van der Waals surface area contributed by atoms with E-state index >= 15 is 0 Å². The van der Waals surface area contributed by atoms with Crippen molar-refractivity contribution < 1.29 is 14.4 Å². The number of ketones is 1. The second kappa shape index (κ2) is 5.58. The van der Waals surface area contributed by atoms with Crippen LogP contribution >= 0.6 is 0 Å². The maximum atomic E-state index is 11.8. The molecule has 1 fully saturated rings. The van der Waals surface area contributed by atoms with Gasteiger partial charge in [0.1, 0.15) is 6.04 Å². The van der Waals surface area contributed by atoms with E-state index in [9.17, 15) is 14.4 Å². The highest BCUT2D eigenvalue weighted by Crippen LogP contribution is 2.17. The van der Waals surface area contributed by atoms with Crippen molar-refractivity contribution in [2.45, 2.75) is 25.4 Å². The molecule has 0 unspecified atom stereocenters. The first kappa shape index (κ1) is 13.4. The van der Waals surface area contributed by atoms with Crippen LogP contribution in [0, 0.1) is 0 Å². The summed E-state index contributed by atoms with van der Waals surface area (Å²) in [5, 5.41) is 3.01. The van der Waals surface area contributed by atoms with Crippen molar-refractivity contribution in [2.24, 2.45) is 5.73 Å². The number of primary amides is 1. The van der Waals surface area contributed by atoms with Gasteiger partial charge in [-0.15, -0.1) is 0 Å². The van der Waals surface area contributed by atoms with Crippen LogP contribution in [-0.4, -0.2) is 48.2 Å². The van der Waals surface area contributed by atoms with E-state index in [-0.39, 0.29) is 17.7 Å². The van der Waals surface area contributed by atoms with Crippen LogP contribution < -0.4 is 11.1 Å². The highest BCUT2D eigenvalue weighted by atomic mass is 16.2. The summed E-state index contributed by atoms with van der Waals surface area (Å²) in [4.78, 5) is 35.1. The van der Waals surface area contributed by atoms with Crippen molar-refractivity contribution in [3.05, 3.63) is 12.2 Å². The van der Waals surface area contributed by atoms with Gasteiger partial charge in [0.2, 0.25) is 11.8 Å². The average molecular weight is 239 g/mol. The molecule has 94 valence electrons. The van der Waals surface area contributed by atoms with E-state index in [1.807, 2.05) is 0 Å². The number of nitrogens with two attached hydrogens (primary N) is 1. The van der Waals surface area contributed by atoms with Crippen molar-refractivity contribution in [1.82, 2.24) is 10.2 Å². The van der Waals surface area contributed by atoms with Crippen molar-refractivity contribution in [3.63, 3.8) is 0 Å². The number of likely N-dealkylation sites (tertiary alicyclic amines) is 1. The molecule has 0 spiro atoms. The Hall–Kier alpha value is -1.69. The maximum Gasteiger partial charge on any atom is 0.247 e. The van der Waals surface area contributed by atoms with Crippen LogP contribution in [0.2, 0.25) is 0 Å². The number of hydrogen-bond acceptors (Lipinski definition) is 4. The number of amides is 2. The van der Waals surface area contributed by atoms with Crippen LogP contribution in [0.4, 0.5) is 0 Å². The van der Waals surface area contributed by atoms with Gasteiger partial charge in [-0.05, 0) is 26.5 Å². The summed E-state index contributed by atoms with van der Waals surface area (Å²) in [5.74, 6) is -1.09. The fraction of sp³-hybridized carbons (Fsp3) is 0.545. The summed E-state index contributed by atoms with van der Waals surface area (Å²) in [7, 11) is 1.77. The topological polar surface area (TPSA) is 92.5 Å². The minimum absolute atomic E-state index is 0.0576. The molecule has 1 aliphatic heterocycles. The highest BCUT2D eigenvalue weighted by molar-refractivity contribution is 5.98.